The molecule has 2 aromatic heterocycles. The fraction of sp³-hybridized carbons (Fsp3) is 0.0370. The van der Waals surface area contributed by atoms with E-state index >= 15 is 0 Å². The minimum Gasteiger partial charge on any atom is -0.309 e. The Balaban J connectivity index is 1.04. The third kappa shape index (κ3) is 4.56. The second-order valence-electron chi connectivity index (χ2n) is 15.2. The van der Waals surface area contributed by atoms with Gasteiger partial charge in [-0.3, -0.25) is 0 Å². The fourth-order valence-corrected chi connectivity index (χ4v) is 9.67. The first-order valence-corrected chi connectivity index (χ1v) is 19.7. The first kappa shape index (κ1) is 31.2. The van der Waals surface area contributed by atoms with Crippen LogP contribution in [0.25, 0.3) is 104 Å². The van der Waals surface area contributed by atoms with E-state index in [0.29, 0.717) is 0 Å². The molecule has 262 valence electrons. The van der Waals surface area contributed by atoms with Crippen molar-refractivity contribution in [1.82, 2.24) is 9.13 Å². The Hall–Kier alpha value is -7.16. The number of fused-ring (bicyclic) bond motifs is 12. The largest absolute Gasteiger partial charge is 0.309 e. The van der Waals surface area contributed by atoms with E-state index in [1.165, 1.54) is 110 Å². The minimum absolute atomic E-state index is 1.03. The lowest BCUT2D eigenvalue weighted by Crippen LogP contribution is -2.02. The third-order valence-corrected chi connectivity index (χ3v) is 12.2. The number of allylic oxidation sites excluding steroid dienone is 4. The smallest absolute Gasteiger partial charge is 0.0541 e. The first-order chi connectivity index (χ1) is 27.8. The van der Waals surface area contributed by atoms with E-state index in [4.69, 9.17) is 0 Å². The van der Waals surface area contributed by atoms with E-state index in [-0.39, 0.29) is 0 Å². The van der Waals surface area contributed by atoms with Gasteiger partial charge in [-0.25, -0.2) is 0 Å². The summed E-state index contributed by atoms with van der Waals surface area (Å²) in [6.45, 7) is 0. The van der Waals surface area contributed by atoms with Crippen LogP contribution in [0.2, 0.25) is 0 Å². The molecule has 0 fully saturated rings. The summed E-state index contributed by atoms with van der Waals surface area (Å²) in [6.07, 6.45) is 6.74. The Bertz CT molecular complexity index is 3430. The quantitative estimate of drug-likeness (QED) is 0.161. The maximum Gasteiger partial charge on any atom is 0.0541 e. The molecule has 12 rings (SSSR count). The molecule has 0 amide bonds. The van der Waals surface area contributed by atoms with Crippen LogP contribution >= 0.6 is 0 Å². The van der Waals surface area contributed by atoms with Crippen LogP contribution in [-0.2, 0) is 0 Å². The van der Waals surface area contributed by atoms with E-state index < -0.39 is 0 Å². The molecule has 0 saturated carbocycles. The summed E-state index contributed by atoms with van der Waals surface area (Å²) in [5.74, 6) is 0. The normalized spacial score (nSPS) is 13.4. The molecule has 56 heavy (non-hydrogen) atoms. The lowest BCUT2D eigenvalue weighted by atomic mass is 9.94. The van der Waals surface area contributed by atoms with Gasteiger partial charge in [-0.2, -0.15) is 0 Å². The van der Waals surface area contributed by atoms with Crippen LogP contribution in [0, 0.1) is 0 Å². The summed E-state index contributed by atoms with van der Waals surface area (Å²) in [5, 5.41) is 12.8. The molecule has 0 radical (unpaired) electrons. The van der Waals surface area contributed by atoms with Crippen LogP contribution in [0.4, 0.5) is 0 Å². The molecule has 0 spiro atoms. The van der Waals surface area contributed by atoms with Crippen molar-refractivity contribution in [1.29, 1.82) is 0 Å². The van der Waals surface area contributed by atoms with Gasteiger partial charge in [0.15, 0.2) is 0 Å². The zero-order chi connectivity index (χ0) is 36.7. The van der Waals surface area contributed by atoms with Crippen LogP contribution in [-0.4, -0.2) is 9.13 Å². The molecule has 9 aromatic carbocycles. The predicted molar refractivity (Wildman–Crippen MR) is 240 cm³/mol. The molecular formula is C54H36N2. The topological polar surface area (TPSA) is 9.86 Å². The Morgan fingerprint density at radius 1 is 0.321 bits per heavy atom. The molecule has 0 atom stereocenters. The van der Waals surface area contributed by atoms with Crippen LogP contribution in [0.1, 0.15) is 18.4 Å². The zero-order valence-corrected chi connectivity index (χ0v) is 30.8. The SMILES string of the molecule is C1=CC(n2c3ccccc3c3cc(-c4ccc5c(c4)c4ccccc4n5-c4ccc5c6ccccc6c6ccccc6c5c4)ccc32)=C(c2ccccc2)CC1. The van der Waals surface area contributed by atoms with Crippen molar-refractivity contribution in [3.05, 3.63) is 200 Å². The van der Waals surface area contributed by atoms with Crippen molar-refractivity contribution in [3.63, 3.8) is 0 Å². The number of nitrogens with zero attached hydrogens (tertiary/aromatic N) is 2. The van der Waals surface area contributed by atoms with Crippen molar-refractivity contribution < 1.29 is 0 Å². The molecule has 0 unspecified atom stereocenters. The summed E-state index contributed by atoms with van der Waals surface area (Å²) < 4.78 is 4.93. The first-order valence-electron chi connectivity index (χ1n) is 19.7. The van der Waals surface area contributed by atoms with Crippen LogP contribution in [0.3, 0.4) is 0 Å². The number of hydrogen-bond donors (Lipinski definition) is 0. The molecule has 0 saturated heterocycles. The summed E-state index contributed by atoms with van der Waals surface area (Å²) in [5.41, 5.74) is 12.5. The maximum atomic E-state index is 2.48. The van der Waals surface area contributed by atoms with Gasteiger partial charge < -0.3 is 9.13 Å². The van der Waals surface area contributed by atoms with Crippen molar-refractivity contribution in [2.24, 2.45) is 0 Å². The van der Waals surface area contributed by atoms with Crippen molar-refractivity contribution in [2.45, 2.75) is 12.8 Å². The molecular weight excluding hydrogens is 677 g/mol. The third-order valence-electron chi connectivity index (χ3n) is 12.2. The van der Waals surface area contributed by atoms with Gasteiger partial charge in [0.05, 0.1) is 22.1 Å². The standard InChI is InChI=1S/C54H36N2/c1-2-14-35(15-3-1)39-16-8-11-23-50(39)56-52-25-13-10-22-46(52)49-33-37(27-31-54(49)56)36-26-30-53-48(32-36)45-21-9-12-24-51(45)55(53)38-28-29-44-42-19-5-4-17-40(42)41-18-6-7-20-43(41)47(44)34-38/h1-7,9-15,17-34H,8,16H2. The van der Waals surface area contributed by atoms with Gasteiger partial charge in [0.2, 0.25) is 0 Å². The number of hydrogen-bond acceptors (Lipinski definition) is 0. The Morgan fingerprint density at radius 3 is 1.43 bits per heavy atom. The van der Waals surface area contributed by atoms with Crippen LogP contribution in [0.15, 0.2) is 194 Å². The molecule has 1 aliphatic rings. The Kier molecular flexibility index (Phi) is 6.79. The highest BCUT2D eigenvalue weighted by Crippen LogP contribution is 2.42. The van der Waals surface area contributed by atoms with Gasteiger partial charge in [0.25, 0.3) is 0 Å². The Labute approximate surface area is 324 Å². The highest BCUT2D eigenvalue weighted by Gasteiger charge is 2.20. The van der Waals surface area contributed by atoms with Crippen molar-refractivity contribution in [3.8, 4) is 16.8 Å². The monoisotopic (exact) mass is 712 g/mol. The van der Waals surface area contributed by atoms with Crippen LogP contribution < -0.4 is 0 Å². The van der Waals surface area contributed by atoms with Gasteiger partial charge >= 0.3 is 0 Å². The maximum absolute atomic E-state index is 2.48. The second kappa shape index (κ2) is 12.2. The predicted octanol–water partition coefficient (Wildman–Crippen LogP) is 14.7. The highest BCUT2D eigenvalue weighted by molar-refractivity contribution is 6.26. The van der Waals surface area contributed by atoms with Crippen LogP contribution in [0.5, 0.6) is 0 Å². The molecule has 0 N–H and O–H groups in total. The molecule has 0 bridgehead atoms. The summed E-state index contributed by atoms with van der Waals surface area (Å²) >= 11 is 0. The van der Waals surface area contributed by atoms with E-state index in [9.17, 15) is 0 Å². The second-order valence-corrected chi connectivity index (χ2v) is 15.2. The van der Waals surface area contributed by atoms with Gasteiger partial charge in [-0.1, -0.05) is 140 Å². The summed E-state index contributed by atoms with van der Waals surface area (Å²) in [6, 6.07) is 67.4. The highest BCUT2D eigenvalue weighted by atomic mass is 15.0. The molecule has 0 aliphatic heterocycles. The van der Waals surface area contributed by atoms with Gasteiger partial charge in [-0.15, -0.1) is 0 Å². The fourth-order valence-electron chi connectivity index (χ4n) is 9.67. The lowest BCUT2D eigenvalue weighted by molar-refractivity contribution is 1.04. The van der Waals surface area contributed by atoms with E-state index in [0.717, 1.165) is 12.8 Å². The summed E-state index contributed by atoms with van der Waals surface area (Å²) in [4.78, 5) is 0. The van der Waals surface area contributed by atoms with Gasteiger partial charge in [-0.05, 0) is 122 Å². The average molecular weight is 713 g/mol. The summed E-state index contributed by atoms with van der Waals surface area (Å²) in [7, 11) is 0. The Morgan fingerprint density at radius 2 is 0.804 bits per heavy atom. The number of benzene rings is 9. The molecule has 2 heterocycles. The zero-order valence-electron chi connectivity index (χ0n) is 30.8. The molecule has 11 aromatic rings. The molecule has 2 nitrogen and oxygen atoms in total. The lowest BCUT2D eigenvalue weighted by Gasteiger charge is -2.19. The van der Waals surface area contributed by atoms with E-state index in [2.05, 4.69) is 203 Å². The van der Waals surface area contributed by atoms with Crippen molar-refractivity contribution in [2.75, 3.05) is 0 Å². The number of para-hydroxylation sites is 2. The molecule has 2 heteroatoms. The molecule has 1 aliphatic carbocycles. The van der Waals surface area contributed by atoms with E-state index in [1.807, 2.05) is 0 Å². The van der Waals surface area contributed by atoms with Gasteiger partial charge in [0, 0.05) is 32.9 Å². The number of aromatic nitrogens is 2. The minimum atomic E-state index is 1.03. The average Bonchev–Trinajstić information content (AvgIpc) is 3.79. The van der Waals surface area contributed by atoms with Crippen molar-refractivity contribution >= 4 is 87.2 Å². The number of rotatable bonds is 4. The van der Waals surface area contributed by atoms with Gasteiger partial charge in [0.1, 0.15) is 0 Å². The van der Waals surface area contributed by atoms with E-state index in [1.54, 1.807) is 0 Å².